The van der Waals surface area contributed by atoms with E-state index < -0.39 is 108 Å². The maximum atomic E-state index is 13.4. The van der Waals surface area contributed by atoms with Crippen molar-refractivity contribution < 1.29 is 63.3 Å². The van der Waals surface area contributed by atoms with Crippen LogP contribution in [-0.4, -0.2) is 92.0 Å². The molecule has 2 aromatic rings. The number of hydrogen-bond acceptors (Lipinski definition) is 11. The summed E-state index contributed by atoms with van der Waals surface area (Å²) in [6.45, 7) is 2.74. The molecule has 0 aromatic heterocycles. The van der Waals surface area contributed by atoms with Gasteiger partial charge < -0.3 is 46.6 Å². The summed E-state index contributed by atoms with van der Waals surface area (Å²) >= 11 is 0. The maximum absolute atomic E-state index is 13.4. The van der Waals surface area contributed by atoms with E-state index in [1.54, 1.807) is 30.3 Å². The highest BCUT2D eigenvalue weighted by molar-refractivity contribution is 6.01. The van der Waals surface area contributed by atoms with Crippen LogP contribution in [-0.2, 0) is 44.9 Å². The third kappa shape index (κ3) is 14.5. The number of nitro groups is 1. The number of nitro benzene ring substituents is 1. The van der Waals surface area contributed by atoms with Gasteiger partial charge >= 0.3 is 24.0 Å². The first-order valence-electron chi connectivity index (χ1n) is 15.6. The Morgan fingerprint density at radius 2 is 1.23 bits per heavy atom. The number of nitrogens with one attached hydrogen (secondary N) is 5. The number of ether oxygens (including phenoxy) is 1. The average Bonchev–Trinajstić information content (AvgIpc) is 3.07. The fourth-order valence-corrected chi connectivity index (χ4v) is 4.43. The molecule has 0 aliphatic carbocycles. The van der Waals surface area contributed by atoms with Crippen LogP contribution in [0.25, 0.3) is 0 Å². The number of nitrogens with zero attached hydrogens (tertiary/aromatic N) is 1. The Hall–Kier alpha value is -6.60. The van der Waals surface area contributed by atoms with E-state index in [-0.39, 0.29) is 18.0 Å². The van der Waals surface area contributed by atoms with Crippen molar-refractivity contribution in [3.8, 4) is 0 Å². The molecule has 0 saturated heterocycles. The van der Waals surface area contributed by atoms with Crippen molar-refractivity contribution in [1.82, 2.24) is 21.3 Å². The number of alkyl carbamates (subject to hydrolysis) is 1. The number of carboxylic acid groups (broad SMARTS) is 3. The molecule has 5 amide bonds. The van der Waals surface area contributed by atoms with Crippen LogP contribution in [0.1, 0.15) is 45.1 Å². The summed E-state index contributed by atoms with van der Waals surface area (Å²) in [6.07, 6.45) is -4.25. The van der Waals surface area contributed by atoms with E-state index >= 15 is 0 Å². The minimum atomic E-state index is -1.78. The number of aliphatic carboxylic acids is 3. The van der Waals surface area contributed by atoms with Gasteiger partial charge in [-0.15, -0.1) is 0 Å². The number of hydrogen-bond donors (Lipinski definition) is 8. The summed E-state index contributed by atoms with van der Waals surface area (Å²) in [7, 11) is 0. The molecule has 0 unspecified atom stereocenters. The second-order valence-electron chi connectivity index (χ2n) is 11.5. The third-order valence-corrected chi connectivity index (χ3v) is 7.08. The molecule has 2 rings (SSSR count). The Bertz CT molecular complexity index is 1630. The summed E-state index contributed by atoms with van der Waals surface area (Å²) in [5, 5.41) is 50.0. The number of amides is 5. The first kappa shape index (κ1) is 41.6. The number of carbonyl (C=O) groups excluding carboxylic acids is 5. The lowest BCUT2D eigenvalue weighted by Crippen LogP contribution is -2.59. The molecule has 2 aromatic carbocycles. The first-order chi connectivity index (χ1) is 24.5. The van der Waals surface area contributed by atoms with Crippen LogP contribution in [0.4, 0.5) is 16.2 Å². The largest absolute Gasteiger partial charge is 0.481 e. The van der Waals surface area contributed by atoms with E-state index in [9.17, 15) is 63.8 Å². The number of carbonyl (C=O) groups is 8. The lowest BCUT2D eigenvalue weighted by molar-refractivity contribution is -0.384. The van der Waals surface area contributed by atoms with E-state index in [2.05, 4.69) is 26.6 Å². The number of benzene rings is 2. The molecular formula is C32H38N6O14. The minimum absolute atomic E-state index is 0.0473. The van der Waals surface area contributed by atoms with Gasteiger partial charge in [-0.1, -0.05) is 44.2 Å². The molecule has 0 heterocycles. The van der Waals surface area contributed by atoms with E-state index in [0.29, 0.717) is 5.56 Å². The van der Waals surface area contributed by atoms with Gasteiger partial charge in [-0.25, -0.2) is 4.79 Å². The molecule has 52 heavy (non-hydrogen) atoms. The molecule has 0 aliphatic heterocycles. The van der Waals surface area contributed by atoms with Crippen molar-refractivity contribution in [3.05, 3.63) is 70.3 Å². The predicted octanol–water partition coefficient (Wildman–Crippen LogP) is 0.753. The molecule has 280 valence electrons. The average molecular weight is 731 g/mol. The maximum Gasteiger partial charge on any atom is 0.408 e. The lowest BCUT2D eigenvalue weighted by Gasteiger charge is -2.27. The standard InChI is InChI=1S/C32H38N6O14/c1-17(2)27(31(48)35-22(14-25(41)42)29(46)33-19-8-10-20(11-9-19)38(50)51)37-28(45)21(12-13-24(39)40)34-30(47)23(15-26(43)44)36-32(49)52-16-18-6-4-3-5-7-18/h3-11,17,21-23,27H,12-16H2,1-2H3,(H,33,46)(H,34,47)(H,35,48)(H,36,49)(H,37,45)(H,39,40)(H,41,42)(H,43,44)/t21-,22-,23-,27-/m0/s1. The van der Waals surface area contributed by atoms with Crippen LogP contribution < -0.4 is 26.6 Å². The second kappa shape index (κ2) is 20.2. The topological polar surface area (TPSA) is 310 Å². The lowest BCUT2D eigenvalue weighted by atomic mass is 10.0. The van der Waals surface area contributed by atoms with Gasteiger partial charge in [0.05, 0.1) is 17.8 Å². The van der Waals surface area contributed by atoms with E-state index in [1.165, 1.54) is 26.0 Å². The number of carboxylic acids is 3. The van der Waals surface area contributed by atoms with E-state index in [0.717, 1.165) is 12.1 Å². The predicted molar refractivity (Wildman–Crippen MR) is 177 cm³/mol. The quantitative estimate of drug-likeness (QED) is 0.0689. The molecule has 0 spiro atoms. The van der Waals surface area contributed by atoms with Crippen LogP contribution in [0.3, 0.4) is 0 Å². The van der Waals surface area contributed by atoms with Crippen molar-refractivity contribution in [3.63, 3.8) is 0 Å². The van der Waals surface area contributed by atoms with Gasteiger partial charge in [0.1, 0.15) is 30.8 Å². The molecule has 4 atom stereocenters. The Labute approximate surface area is 295 Å². The Morgan fingerprint density at radius 1 is 0.692 bits per heavy atom. The number of anilines is 1. The zero-order valence-corrected chi connectivity index (χ0v) is 27.9. The van der Waals surface area contributed by atoms with Crippen molar-refractivity contribution in [2.45, 2.75) is 70.3 Å². The van der Waals surface area contributed by atoms with Crippen LogP contribution in [0, 0.1) is 16.0 Å². The van der Waals surface area contributed by atoms with Gasteiger partial charge in [0, 0.05) is 24.2 Å². The van der Waals surface area contributed by atoms with Gasteiger partial charge in [0.2, 0.25) is 23.6 Å². The van der Waals surface area contributed by atoms with Gasteiger partial charge in [-0.05, 0) is 30.0 Å². The highest BCUT2D eigenvalue weighted by atomic mass is 16.6. The fraction of sp³-hybridized carbons (Fsp3) is 0.375. The van der Waals surface area contributed by atoms with Crippen molar-refractivity contribution >= 4 is 59.0 Å². The molecule has 0 bridgehead atoms. The summed E-state index contributed by atoms with van der Waals surface area (Å²) in [5.74, 6) is -9.45. The normalized spacial score (nSPS) is 12.9. The van der Waals surface area contributed by atoms with Crippen molar-refractivity contribution in [2.24, 2.45) is 5.92 Å². The van der Waals surface area contributed by atoms with Crippen LogP contribution in [0.15, 0.2) is 54.6 Å². The SMILES string of the molecule is CC(C)[C@H](NC(=O)[C@H](CCC(=O)O)NC(=O)[C@H](CC(=O)O)NC(=O)OCc1ccccc1)C(=O)N[C@@H](CC(=O)O)C(=O)Nc1ccc([N+](=O)[O-])cc1. The summed E-state index contributed by atoms with van der Waals surface area (Å²) < 4.78 is 5.03. The highest BCUT2D eigenvalue weighted by Crippen LogP contribution is 2.16. The first-order valence-corrected chi connectivity index (χ1v) is 15.6. The molecule has 8 N–H and O–H groups in total. The number of non-ortho nitro benzene ring substituents is 1. The fourth-order valence-electron chi connectivity index (χ4n) is 4.43. The minimum Gasteiger partial charge on any atom is -0.481 e. The van der Waals surface area contributed by atoms with E-state index in [1.807, 2.05) is 0 Å². The van der Waals surface area contributed by atoms with Crippen molar-refractivity contribution in [1.29, 1.82) is 0 Å². The summed E-state index contributed by atoms with van der Waals surface area (Å²) in [5.41, 5.74) is 0.355. The molecule has 20 nitrogen and oxygen atoms in total. The van der Waals surface area contributed by atoms with Crippen LogP contribution in [0.5, 0.6) is 0 Å². The van der Waals surface area contributed by atoms with Gasteiger partial charge in [-0.3, -0.25) is 43.7 Å². The summed E-state index contributed by atoms with van der Waals surface area (Å²) in [6, 6.07) is 6.27. The zero-order valence-electron chi connectivity index (χ0n) is 27.9. The van der Waals surface area contributed by atoms with Crippen LogP contribution >= 0.6 is 0 Å². The Morgan fingerprint density at radius 3 is 1.75 bits per heavy atom. The van der Waals surface area contributed by atoms with Crippen LogP contribution in [0.2, 0.25) is 0 Å². The van der Waals surface area contributed by atoms with Crippen molar-refractivity contribution in [2.75, 3.05) is 5.32 Å². The Balaban J connectivity index is 2.20. The van der Waals surface area contributed by atoms with E-state index in [4.69, 9.17) is 4.74 Å². The second-order valence-corrected chi connectivity index (χ2v) is 11.5. The molecular weight excluding hydrogens is 692 g/mol. The molecule has 0 fully saturated rings. The third-order valence-electron chi connectivity index (χ3n) is 7.08. The highest BCUT2D eigenvalue weighted by Gasteiger charge is 2.34. The summed E-state index contributed by atoms with van der Waals surface area (Å²) in [4.78, 5) is 110. The Kier molecular flexibility index (Phi) is 16.1. The van der Waals surface area contributed by atoms with Gasteiger partial charge in [0.25, 0.3) is 5.69 Å². The van der Waals surface area contributed by atoms with Gasteiger partial charge in [-0.2, -0.15) is 0 Å². The monoisotopic (exact) mass is 730 g/mol. The zero-order chi connectivity index (χ0) is 39.0. The molecule has 0 saturated carbocycles. The number of rotatable bonds is 20. The van der Waals surface area contributed by atoms with Gasteiger partial charge in [0.15, 0.2) is 0 Å². The molecule has 0 radical (unpaired) electrons. The smallest absolute Gasteiger partial charge is 0.408 e. The molecule has 20 heteroatoms. The molecule has 0 aliphatic rings.